The molecule has 0 bridgehead atoms. The number of aromatic nitrogens is 2. The Labute approximate surface area is 169 Å². The third-order valence-corrected chi connectivity index (χ3v) is 5.50. The number of benzene rings is 1. The molecule has 2 aromatic heterocycles. The van der Waals surface area contributed by atoms with Gasteiger partial charge in [-0.15, -0.1) is 13.2 Å². The summed E-state index contributed by atoms with van der Waals surface area (Å²) < 4.78 is 1.98. The van der Waals surface area contributed by atoms with Crippen molar-refractivity contribution in [2.45, 2.75) is 18.4 Å². The first-order chi connectivity index (χ1) is 13.6. The lowest BCUT2D eigenvalue weighted by Gasteiger charge is -2.19. The van der Waals surface area contributed by atoms with Crippen LogP contribution in [0, 0.1) is 11.3 Å². The highest BCUT2D eigenvalue weighted by Crippen LogP contribution is 2.30. The number of carbonyl (C=O) groups is 1. The smallest absolute Gasteiger partial charge is 0.233 e. The Morgan fingerprint density at radius 1 is 1.32 bits per heavy atom. The molecule has 0 unspecified atom stereocenters. The van der Waals surface area contributed by atoms with Crippen LogP contribution in [0.4, 0.5) is 0 Å². The van der Waals surface area contributed by atoms with Crippen LogP contribution in [0.2, 0.25) is 0 Å². The van der Waals surface area contributed by atoms with Gasteiger partial charge in [-0.1, -0.05) is 43.0 Å². The number of para-hydroxylation sites is 2. The van der Waals surface area contributed by atoms with E-state index in [4.69, 9.17) is 0 Å². The van der Waals surface area contributed by atoms with Crippen molar-refractivity contribution in [1.29, 1.82) is 5.26 Å². The third kappa shape index (κ3) is 3.67. The fourth-order valence-electron chi connectivity index (χ4n) is 3.17. The predicted octanol–water partition coefficient (Wildman–Crippen LogP) is 4.21. The van der Waals surface area contributed by atoms with E-state index in [9.17, 15) is 10.1 Å². The first kappa shape index (κ1) is 19.7. The number of imidazole rings is 1. The Balaban J connectivity index is 2.05. The van der Waals surface area contributed by atoms with E-state index in [2.05, 4.69) is 24.2 Å². The fourth-order valence-corrected chi connectivity index (χ4v) is 4.16. The van der Waals surface area contributed by atoms with Crippen LogP contribution >= 0.6 is 11.8 Å². The van der Waals surface area contributed by atoms with Crippen molar-refractivity contribution < 1.29 is 4.79 Å². The highest BCUT2D eigenvalue weighted by molar-refractivity contribution is 7.99. The minimum Gasteiger partial charge on any atom is -0.335 e. The van der Waals surface area contributed by atoms with Gasteiger partial charge < -0.3 is 4.90 Å². The molecule has 2 heterocycles. The second kappa shape index (κ2) is 8.77. The molecule has 28 heavy (non-hydrogen) atoms. The largest absolute Gasteiger partial charge is 0.335 e. The second-order valence-electron chi connectivity index (χ2n) is 6.27. The van der Waals surface area contributed by atoms with Gasteiger partial charge in [0.2, 0.25) is 5.91 Å². The van der Waals surface area contributed by atoms with Gasteiger partial charge in [-0.25, -0.2) is 4.98 Å². The maximum atomic E-state index is 12.6. The van der Waals surface area contributed by atoms with Crippen LogP contribution in [0.25, 0.3) is 16.7 Å². The first-order valence-electron chi connectivity index (χ1n) is 9.10. The monoisotopic (exact) mass is 390 g/mol. The number of nitriles is 1. The summed E-state index contributed by atoms with van der Waals surface area (Å²) in [5.74, 6) is 0.308. The lowest BCUT2D eigenvalue weighted by Crippen LogP contribution is -2.32. The normalized spacial score (nSPS) is 10.7. The molecule has 0 N–H and O–H groups in total. The molecule has 5 nitrogen and oxygen atoms in total. The summed E-state index contributed by atoms with van der Waals surface area (Å²) in [6.07, 6.45) is 4.15. The highest BCUT2D eigenvalue weighted by atomic mass is 32.2. The van der Waals surface area contributed by atoms with E-state index >= 15 is 0 Å². The number of rotatable bonds is 8. The molecular formula is C22H22N4OS. The minimum absolute atomic E-state index is 0.0183. The maximum absolute atomic E-state index is 12.6. The molecule has 6 heteroatoms. The van der Waals surface area contributed by atoms with E-state index in [0.717, 1.165) is 28.0 Å². The third-order valence-electron chi connectivity index (χ3n) is 4.51. The lowest BCUT2D eigenvalue weighted by atomic mass is 10.1. The van der Waals surface area contributed by atoms with Crippen molar-refractivity contribution in [1.82, 2.24) is 14.3 Å². The molecule has 0 spiro atoms. The number of thioether (sulfide) groups is 1. The second-order valence-corrected chi connectivity index (χ2v) is 7.27. The highest BCUT2D eigenvalue weighted by Gasteiger charge is 2.18. The molecule has 1 amide bonds. The van der Waals surface area contributed by atoms with Gasteiger partial charge in [0, 0.05) is 13.1 Å². The van der Waals surface area contributed by atoms with Crippen LogP contribution in [-0.4, -0.2) is 39.0 Å². The average molecular weight is 391 g/mol. The average Bonchev–Trinajstić information content (AvgIpc) is 3.10. The number of carbonyl (C=O) groups excluding carboxylic acids is 1. The van der Waals surface area contributed by atoms with Crippen molar-refractivity contribution in [3.05, 3.63) is 66.8 Å². The number of pyridine rings is 1. The van der Waals surface area contributed by atoms with Gasteiger partial charge in [0.1, 0.15) is 6.07 Å². The SMILES string of the molecule is C=CCN(CC=C)C(=O)CSc1cc(CC)c(C#N)c2nc3ccccc3n12. The van der Waals surface area contributed by atoms with Crippen LogP contribution in [0.1, 0.15) is 18.1 Å². The molecule has 3 aromatic rings. The number of hydrogen-bond acceptors (Lipinski definition) is 4. The molecule has 0 atom stereocenters. The molecule has 0 saturated carbocycles. The summed E-state index contributed by atoms with van der Waals surface area (Å²) in [4.78, 5) is 19.0. The van der Waals surface area contributed by atoms with Gasteiger partial charge in [-0.2, -0.15) is 5.26 Å². The Kier molecular flexibility index (Phi) is 6.17. The van der Waals surface area contributed by atoms with Crippen molar-refractivity contribution in [2.75, 3.05) is 18.8 Å². The predicted molar refractivity (Wildman–Crippen MR) is 114 cm³/mol. The van der Waals surface area contributed by atoms with Crippen molar-refractivity contribution >= 4 is 34.3 Å². The van der Waals surface area contributed by atoms with Crippen molar-refractivity contribution in [2.24, 2.45) is 0 Å². The number of hydrogen-bond donors (Lipinski definition) is 0. The van der Waals surface area contributed by atoms with Gasteiger partial charge in [0.15, 0.2) is 5.65 Å². The van der Waals surface area contributed by atoms with E-state index in [1.807, 2.05) is 41.7 Å². The molecule has 0 aliphatic heterocycles. The zero-order chi connectivity index (χ0) is 20.1. The number of aryl methyl sites for hydroxylation is 1. The van der Waals surface area contributed by atoms with Gasteiger partial charge in [-0.3, -0.25) is 9.20 Å². The standard InChI is InChI=1S/C22H22N4OS/c1-4-11-25(12-5-2)20(27)15-28-21-13-16(6-3)17(14-23)22-24-18-9-7-8-10-19(18)26(21)22/h4-5,7-10,13H,1-2,6,11-12,15H2,3H3. The molecule has 142 valence electrons. The lowest BCUT2D eigenvalue weighted by molar-refractivity contribution is -0.127. The summed E-state index contributed by atoms with van der Waals surface area (Å²) in [5.41, 5.74) is 3.94. The quantitative estimate of drug-likeness (QED) is 0.427. The van der Waals surface area contributed by atoms with Crippen LogP contribution in [0.15, 0.2) is 60.7 Å². The Morgan fingerprint density at radius 3 is 2.68 bits per heavy atom. The molecule has 0 aliphatic rings. The van der Waals surface area contributed by atoms with E-state index in [-0.39, 0.29) is 5.91 Å². The summed E-state index contributed by atoms with van der Waals surface area (Å²) in [6, 6.07) is 12.1. The van der Waals surface area contributed by atoms with Crippen molar-refractivity contribution in [3.63, 3.8) is 0 Å². The Morgan fingerprint density at radius 2 is 2.04 bits per heavy atom. The van der Waals surface area contributed by atoms with E-state index in [1.54, 1.807) is 17.1 Å². The molecule has 0 aliphatic carbocycles. The maximum Gasteiger partial charge on any atom is 0.233 e. The van der Waals surface area contributed by atoms with Crippen molar-refractivity contribution in [3.8, 4) is 6.07 Å². The molecule has 0 fully saturated rings. The van der Waals surface area contributed by atoms with E-state index in [0.29, 0.717) is 30.1 Å². The van der Waals surface area contributed by atoms with Gasteiger partial charge in [-0.05, 0) is 30.2 Å². The Hall–Kier alpha value is -3.04. The zero-order valence-electron chi connectivity index (χ0n) is 15.9. The number of nitrogens with zero attached hydrogens (tertiary/aromatic N) is 4. The minimum atomic E-state index is 0.0183. The van der Waals surface area contributed by atoms with Crippen LogP contribution in [0.3, 0.4) is 0 Å². The zero-order valence-corrected chi connectivity index (χ0v) is 16.7. The topological polar surface area (TPSA) is 61.4 Å². The number of amides is 1. The van der Waals surface area contributed by atoms with E-state index in [1.165, 1.54) is 11.8 Å². The van der Waals surface area contributed by atoms with Crippen LogP contribution < -0.4 is 0 Å². The summed E-state index contributed by atoms with van der Waals surface area (Å²) >= 11 is 1.46. The fraction of sp³-hybridized carbons (Fsp3) is 0.227. The summed E-state index contributed by atoms with van der Waals surface area (Å²) in [6.45, 7) is 10.4. The van der Waals surface area contributed by atoms with Crippen LogP contribution in [0.5, 0.6) is 0 Å². The molecule has 3 rings (SSSR count). The molecular weight excluding hydrogens is 368 g/mol. The molecule has 1 aromatic carbocycles. The van der Waals surface area contributed by atoms with Gasteiger partial charge >= 0.3 is 0 Å². The van der Waals surface area contributed by atoms with Crippen LogP contribution in [-0.2, 0) is 11.2 Å². The molecule has 0 radical (unpaired) electrons. The van der Waals surface area contributed by atoms with Gasteiger partial charge in [0.25, 0.3) is 0 Å². The number of fused-ring (bicyclic) bond motifs is 3. The van der Waals surface area contributed by atoms with E-state index < -0.39 is 0 Å². The molecule has 0 saturated heterocycles. The summed E-state index contributed by atoms with van der Waals surface area (Å²) in [7, 11) is 0. The van der Waals surface area contributed by atoms with Gasteiger partial charge in [0.05, 0.1) is 27.4 Å². The summed E-state index contributed by atoms with van der Waals surface area (Å²) in [5, 5.41) is 10.6. The Bertz CT molecular complexity index is 1080. The first-order valence-corrected chi connectivity index (χ1v) is 10.1.